The molecule has 0 bridgehead atoms. The van der Waals surface area contributed by atoms with Gasteiger partial charge in [-0.1, -0.05) is 0 Å². The molecular formula is C9H13ClN2. The fourth-order valence-corrected chi connectivity index (χ4v) is 1.36. The molecule has 2 rings (SSSR count). The zero-order valence-electron chi connectivity index (χ0n) is 7.20. The summed E-state index contributed by atoms with van der Waals surface area (Å²) in [6, 6.07) is 0. The van der Waals surface area contributed by atoms with Crippen LogP contribution in [0.1, 0.15) is 30.7 Å². The highest BCUT2D eigenvalue weighted by Gasteiger charge is 2.22. The third-order valence-electron chi connectivity index (χ3n) is 2.25. The molecule has 0 spiro atoms. The van der Waals surface area contributed by atoms with Crippen molar-refractivity contribution in [3.63, 3.8) is 0 Å². The molecule has 1 aromatic rings. The third-order valence-corrected chi connectivity index (χ3v) is 2.51. The molecule has 0 saturated heterocycles. The summed E-state index contributed by atoms with van der Waals surface area (Å²) in [7, 11) is 0. The maximum Gasteiger partial charge on any atom is 0.0588 e. The Kier molecular flexibility index (Phi) is 2.09. The summed E-state index contributed by atoms with van der Waals surface area (Å²) >= 11 is 5.92. The van der Waals surface area contributed by atoms with Gasteiger partial charge in [-0.25, -0.2) is 0 Å². The molecule has 0 radical (unpaired) electrons. The van der Waals surface area contributed by atoms with Crippen molar-refractivity contribution < 1.29 is 0 Å². The largest absolute Gasteiger partial charge is 0.272 e. The molecule has 1 aliphatic carbocycles. The summed E-state index contributed by atoms with van der Waals surface area (Å²) in [5.74, 6) is 0.878. The maximum absolute atomic E-state index is 5.92. The number of hydrogen-bond acceptors (Lipinski definition) is 1. The fraction of sp³-hybridized carbons (Fsp3) is 0.667. The van der Waals surface area contributed by atoms with Crippen LogP contribution in [0.25, 0.3) is 0 Å². The van der Waals surface area contributed by atoms with Crippen LogP contribution in [0.3, 0.4) is 0 Å². The Balaban J connectivity index is 2.02. The van der Waals surface area contributed by atoms with E-state index in [1.807, 2.05) is 17.8 Å². The van der Waals surface area contributed by atoms with Crippen LogP contribution in [0, 0.1) is 5.92 Å². The van der Waals surface area contributed by atoms with Crippen molar-refractivity contribution in [2.24, 2.45) is 5.92 Å². The van der Waals surface area contributed by atoms with Gasteiger partial charge in [0.2, 0.25) is 0 Å². The average Bonchev–Trinajstić information content (AvgIpc) is 2.66. The van der Waals surface area contributed by atoms with E-state index in [1.165, 1.54) is 12.8 Å². The number of hydrogen-bond donors (Lipinski definition) is 0. The predicted molar refractivity (Wildman–Crippen MR) is 49.2 cm³/mol. The van der Waals surface area contributed by atoms with E-state index >= 15 is 0 Å². The molecule has 1 atom stereocenters. The van der Waals surface area contributed by atoms with Crippen molar-refractivity contribution in [1.82, 2.24) is 9.78 Å². The van der Waals surface area contributed by atoms with Gasteiger partial charge in [0.15, 0.2) is 0 Å². The fourth-order valence-electron chi connectivity index (χ4n) is 1.25. The SMILES string of the molecule is CC(Cl)c1cnn(CC2CC2)c1. The van der Waals surface area contributed by atoms with Crippen molar-refractivity contribution in [2.45, 2.75) is 31.7 Å². The minimum Gasteiger partial charge on any atom is -0.272 e. The minimum atomic E-state index is 0.0814. The van der Waals surface area contributed by atoms with Crippen LogP contribution in [0.15, 0.2) is 12.4 Å². The molecule has 0 aliphatic heterocycles. The predicted octanol–water partition coefficient (Wildman–Crippen LogP) is 2.59. The molecule has 1 aromatic heterocycles. The monoisotopic (exact) mass is 184 g/mol. The van der Waals surface area contributed by atoms with Crippen molar-refractivity contribution in [1.29, 1.82) is 0 Å². The summed E-state index contributed by atoms with van der Waals surface area (Å²) in [6.45, 7) is 3.05. The second-order valence-electron chi connectivity index (χ2n) is 3.56. The normalized spacial score (nSPS) is 19.5. The van der Waals surface area contributed by atoms with E-state index in [9.17, 15) is 0 Å². The van der Waals surface area contributed by atoms with Crippen LogP contribution < -0.4 is 0 Å². The summed E-state index contributed by atoms with van der Waals surface area (Å²) in [5.41, 5.74) is 1.12. The Hall–Kier alpha value is -0.500. The lowest BCUT2D eigenvalue weighted by Crippen LogP contribution is -1.99. The number of nitrogens with zero attached hydrogens (tertiary/aromatic N) is 2. The van der Waals surface area contributed by atoms with E-state index in [2.05, 4.69) is 11.3 Å². The first-order valence-corrected chi connectivity index (χ1v) is 4.86. The van der Waals surface area contributed by atoms with Gasteiger partial charge >= 0.3 is 0 Å². The van der Waals surface area contributed by atoms with Gasteiger partial charge in [0.25, 0.3) is 0 Å². The van der Waals surface area contributed by atoms with Crippen molar-refractivity contribution in [3.05, 3.63) is 18.0 Å². The number of alkyl halides is 1. The number of halogens is 1. The zero-order valence-corrected chi connectivity index (χ0v) is 7.96. The number of aromatic nitrogens is 2. The molecule has 66 valence electrons. The molecule has 12 heavy (non-hydrogen) atoms. The lowest BCUT2D eigenvalue weighted by molar-refractivity contribution is 0.562. The molecule has 1 unspecified atom stereocenters. The Morgan fingerprint density at radius 2 is 2.50 bits per heavy atom. The summed E-state index contributed by atoms with van der Waals surface area (Å²) in [5, 5.41) is 4.33. The lowest BCUT2D eigenvalue weighted by atomic mass is 10.3. The highest BCUT2D eigenvalue weighted by Crippen LogP contribution is 2.30. The standard InChI is InChI=1S/C9H13ClN2/c1-7(10)9-4-11-12(6-9)5-8-2-3-8/h4,6-8H,2-3,5H2,1H3. The van der Waals surface area contributed by atoms with E-state index in [1.54, 1.807) is 0 Å². The van der Waals surface area contributed by atoms with Gasteiger partial charge in [-0.3, -0.25) is 4.68 Å². The molecule has 1 saturated carbocycles. The highest BCUT2D eigenvalue weighted by atomic mass is 35.5. The first kappa shape index (κ1) is 8.11. The van der Waals surface area contributed by atoms with Gasteiger partial charge in [0.05, 0.1) is 11.6 Å². The quantitative estimate of drug-likeness (QED) is 0.661. The molecule has 1 aliphatic rings. The Bertz CT molecular complexity index is 263. The number of rotatable bonds is 3. The Labute approximate surface area is 77.5 Å². The van der Waals surface area contributed by atoms with Gasteiger partial charge in [-0.05, 0) is 25.7 Å². The van der Waals surface area contributed by atoms with Crippen LogP contribution in [0.5, 0.6) is 0 Å². The van der Waals surface area contributed by atoms with Crippen molar-refractivity contribution in [2.75, 3.05) is 0 Å². The second kappa shape index (κ2) is 3.09. The van der Waals surface area contributed by atoms with E-state index < -0.39 is 0 Å². The van der Waals surface area contributed by atoms with E-state index in [0.29, 0.717) is 0 Å². The van der Waals surface area contributed by atoms with Gasteiger partial charge in [-0.2, -0.15) is 5.10 Å². The smallest absolute Gasteiger partial charge is 0.0588 e. The minimum absolute atomic E-state index is 0.0814. The highest BCUT2D eigenvalue weighted by molar-refractivity contribution is 6.20. The molecule has 0 amide bonds. The van der Waals surface area contributed by atoms with E-state index in [-0.39, 0.29) is 5.38 Å². The van der Waals surface area contributed by atoms with Gasteiger partial charge in [-0.15, -0.1) is 11.6 Å². The van der Waals surface area contributed by atoms with Crippen molar-refractivity contribution >= 4 is 11.6 Å². The van der Waals surface area contributed by atoms with Crippen LogP contribution in [0.4, 0.5) is 0 Å². The molecule has 3 heteroatoms. The molecule has 0 N–H and O–H groups in total. The van der Waals surface area contributed by atoms with Crippen LogP contribution in [-0.4, -0.2) is 9.78 Å². The first-order valence-electron chi connectivity index (χ1n) is 4.42. The maximum atomic E-state index is 5.92. The molecule has 1 heterocycles. The molecule has 0 aromatic carbocycles. The third kappa shape index (κ3) is 1.81. The lowest BCUT2D eigenvalue weighted by Gasteiger charge is -1.97. The van der Waals surface area contributed by atoms with Crippen LogP contribution in [0.2, 0.25) is 0 Å². The first-order chi connectivity index (χ1) is 5.75. The van der Waals surface area contributed by atoms with Gasteiger partial charge in [0, 0.05) is 18.3 Å². The average molecular weight is 185 g/mol. The Morgan fingerprint density at radius 3 is 3.00 bits per heavy atom. The van der Waals surface area contributed by atoms with E-state index in [4.69, 9.17) is 11.6 Å². The Morgan fingerprint density at radius 1 is 1.75 bits per heavy atom. The van der Waals surface area contributed by atoms with Crippen molar-refractivity contribution in [3.8, 4) is 0 Å². The molecular weight excluding hydrogens is 172 g/mol. The summed E-state index contributed by atoms with van der Waals surface area (Å²) in [6.07, 6.45) is 6.65. The van der Waals surface area contributed by atoms with Gasteiger partial charge in [0.1, 0.15) is 0 Å². The van der Waals surface area contributed by atoms with Crippen LogP contribution >= 0.6 is 11.6 Å². The second-order valence-corrected chi connectivity index (χ2v) is 4.21. The molecule has 2 nitrogen and oxygen atoms in total. The summed E-state index contributed by atoms with van der Waals surface area (Å²) < 4.78 is 2.01. The molecule has 1 fully saturated rings. The van der Waals surface area contributed by atoms with Gasteiger partial charge < -0.3 is 0 Å². The zero-order chi connectivity index (χ0) is 8.55. The van der Waals surface area contributed by atoms with Crippen LogP contribution in [-0.2, 0) is 6.54 Å². The van der Waals surface area contributed by atoms with E-state index in [0.717, 1.165) is 18.0 Å². The topological polar surface area (TPSA) is 17.8 Å². The summed E-state index contributed by atoms with van der Waals surface area (Å²) in [4.78, 5) is 0.